The fourth-order valence-electron chi connectivity index (χ4n) is 1.78. The zero-order valence-corrected chi connectivity index (χ0v) is 11.4. The summed E-state index contributed by atoms with van der Waals surface area (Å²) < 4.78 is 0. The molecule has 0 bridgehead atoms. The van der Waals surface area contributed by atoms with Crippen molar-refractivity contribution in [3.63, 3.8) is 0 Å². The maximum absolute atomic E-state index is 11.9. The highest BCUT2D eigenvalue weighted by Gasteiger charge is 2.10. The van der Waals surface area contributed by atoms with E-state index in [0.29, 0.717) is 11.3 Å². The molecule has 5 heteroatoms. The summed E-state index contributed by atoms with van der Waals surface area (Å²) in [6.45, 7) is 1.94. The van der Waals surface area contributed by atoms with Crippen molar-refractivity contribution >= 4 is 17.2 Å². The molecule has 0 fully saturated rings. The van der Waals surface area contributed by atoms with Gasteiger partial charge in [0.05, 0.1) is 4.92 Å². The number of rotatable bonds is 5. The summed E-state index contributed by atoms with van der Waals surface area (Å²) in [6, 6.07) is 13.5. The lowest BCUT2D eigenvalue weighted by Gasteiger charge is -2.01. The van der Waals surface area contributed by atoms with Crippen LogP contribution in [0.4, 0.5) is 11.4 Å². The van der Waals surface area contributed by atoms with E-state index < -0.39 is 4.92 Å². The minimum atomic E-state index is -0.474. The van der Waals surface area contributed by atoms with E-state index in [-0.39, 0.29) is 11.5 Å². The Labute approximate surface area is 122 Å². The number of nitrogens with one attached hydrogen (secondary N) is 1. The van der Waals surface area contributed by atoms with E-state index >= 15 is 0 Å². The maximum atomic E-state index is 11.9. The van der Waals surface area contributed by atoms with Gasteiger partial charge in [0.2, 0.25) is 0 Å². The minimum absolute atomic E-state index is 0.0371. The first-order valence-corrected chi connectivity index (χ1v) is 6.35. The van der Waals surface area contributed by atoms with Crippen LogP contribution in [0, 0.1) is 17.0 Å². The molecule has 106 valence electrons. The van der Waals surface area contributed by atoms with Gasteiger partial charge in [0.25, 0.3) is 5.69 Å². The van der Waals surface area contributed by atoms with Crippen LogP contribution in [0.3, 0.4) is 0 Å². The maximum Gasteiger partial charge on any atom is 0.292 e. The summed E-state index contributed by atoms with van der Waals surface area (Å²) in [6.07, 6.45) is 2.76. The Bertz CT molecular complexity index is 691. The monoisotopic (exact) mass is 282 g/mol. The molecule has 0 spiro atoms. The molecule has 0 radical (unpaired) electrons. The number of ketones is 1. The first kappa shape index (κ1) is 14.5. The van der Waals surface area contributed by atoms with Gasteiger partial charge in [-0.05, 0) is 13.0 Å². The summed E-state index contributed by atoms with van der Waals surface area (Å²) in [5.41, 5.74) is 1.95. The molecule has 21 heavy (non-hydrogen) atoms. The highest BCUT2D eigenvalue weighted by atomic mass is 16.6. The zero-order valence-electron chi connectivity index (χ0n) is 11.4. The third kappa shape index (κ3) is 3.76. The fraction of sp³-hybridized carbons (Fsp3) is 0.0625. The Morgan fingerprint density at radius 1 is 1.14 bits per heavy atom. The molecular formula is C16H14N2O3. The molecule has 0 aliphatic rings. The van der Waals surface area contributed by atoms with E-state index in [1.165, 1.54) is 18.3 Å². The van der Waals surface area contributed by atoms with E-state index in [9.17, 15) is 14.9 Å². The third-order valence-corrected chi connectivity index (χ3v) is 2.91. The quantitative estimate of drug-likeness (QED) is 0.392. The van der Waals surface area contributed by atoms with Gasteiger partial charge in [-0.1, -0.05) is 42.0 Å². The summed E-state index contributed by atoms with van der Waals surface area (Å²) in [4.78, 5) is 22.3. The molecule has 5 nitrogen and oxygen atoms in total. The van der Waals surface area contributed by atoms with Gasteiger partial charge in [-0.2, -0.15) is 0 Å². The van der Waals surface area contributed by atoms with Crippen LogP contribution in [-0.4, -0.2) is 10.7 Å². The second kappa shape index (κ2) is 6.47. The topological polar surface area (TPSA) is 72.2 Å². The molecule has 0 aromatic heterocycles. The number of allylic oxidation sites excluding steroid dienone is 1. The molecule has 2 rings (SSSR count). The van der Waals surface area contributed by atoms with Gasteiger partial charge in [-0.25, -0.2) is 0 Å². The largest absolute Gasteiger partial charge is 0.356 e. The molecule has 0 amide bonds. The van der Waals surface area contributed by atoms with Crippen LogP contribution in [0.1, 0.15) is 15.9 Å². The van der Waals surface area contributed by atoms with E-state index in [0.717, 1.165) is 5.56 Å². The number of nitrogens with zero attached hydrogens (tertiary/aromatic N) is 1. The predicted octanol–water partition coefficient (Wildman–Crippen LogP) is 3.71. The molecular weight excluding hydrogens is 268 g/mol. The summed E-state index contributed by atoms with van der Waals surface area (Å²) in [7, 11) is 0. The summed E-state index contributed by atoms with van der Waals surface area (Å²) >= 11 is 0. The number of carbonyl (C=O) groups excluding carboxylic acids is 1. The van der Waals surface area contributed by atoms with Gasteiger partial charge < -0.3 is 5.32 Å². The van der Waals surface area contributed by atoms with Crippen molar-refractivity contribution in [1.82, 2.24) is 0 Å². The molecule has 0 heterocycles. The molecule has 0 saturated heterocycles. The highest BCUT2D eigenvalue weighted by Crippen LogP contribution is 2.22. The molecule has 2 aromatic rings. The Balaban J connectivity index is 2.07. The second-order valence-electron chi connectivity index (χ2n) is 4.48. The number of aryl methyl sites for hydroxylation is 1. The van der Waals surface area contributed by atoms with Gasteiger partial charge in [0, 0.05) is 23.9 Å². The van der Waals surface area contributed by atoms with Crippen LogP contribution >= 0.6 is 0 Å². The van der Waals surface area contributed by atoms with Crippen molar-refractivity contribution in [2.24, 2.45) is 0 Å². The third-order valence-electron chi connectivity index (χ3n) is 2.91. The van der Waals surface area contributed by atoms with Crippen LogP contribution < -0.4 is 5.32 Å². The smallest absolute Gasteiger partial charge is 0.292 e. The van der Waals surface area contributed by atoms with Gasteiger partial charge in [-0.15, -0.1) is 0 Å². The molecule has 0 aliphatic carbocycles. The van der Waals surface area contributed by atoms with E-state index in [1.807, 2.05) is 19.1 Å². The first-order chi connectivity index (χ1) is 10.1. The molecule has 2 aromatic carbocycles. The summed E-state index contributed by atoms with van der Waals surface area (Å²) in [5.74, 6) is -0.166. The lowest BCUT2D eigenvalue weighted by molar-refractivity contribution is -0.383. The van der Waals surface area contributed by atoms with Crippen molar-refractivity contribution < 1.29 is 9.72 Å². The molecule has 1 N–H and O–H groups in total. The average molecular weight is 282 g/mol. The lowest BCUT2D eigenvalue weighted by atomic mass is 10.1. The average Bonchev–Trinajstić information content (AvgIpc) is 2.48. The number of nitro benzene ring substituents is 1. The normalized spacial score (nSPS) is 10.5. The number of benzene rings is 2. The number of hydrogen-bond acceptors (Lipinski definition) is 4. The first-order valence-electron chi connectivity index (χ1n) is 6.35. The van der Waals surface area contributed by atoms with Crippen molar-refractivity contribution in [3.8, 4) is 0 Å². The van der Waals surface area contributed by atoms with Crippen LogP contribution in [0.5, 0.6) is 0 Å². The van der Waals surface area contributed by atoms with Crippen LogP contribution in [0.25, 0.3) is 0 Å². The Kier molecular flexibility index (Phi) is 4.46. The number of hydrogen-bond donors (Lipinski definition) is 1. The van der Waals surface area contributed by atoms with E-state index in [2.05, 4.69) is 5.32 Å². The Morgan fingerprint density at radius 2 is 1.81 bits per heavy atom. The van der Waals surface area contributed by atoms with Crippen molar-refractivity contribution in [2.45, 2.75) is 6.92 Å². The van der Waals surface area contributed by atoms with Gasteiger partial charge in [-0.3, -0.25) is 14.9 Å². The van der Waals surface area contributed by atoms with Crippen molar-refractivity contribution in [1.29, 1.82) is 0 Å². The van der Waals surface area contributed by atoms with Gasteiger partial charge in [0.1, 0.15) is 5.69 Å². The highest BCUT2D eigenvalue weighted by molar-refractivity contribution is 6.04. The second-order valence-corrected chi connectivity index (χ2v) is 4.48. The molecule has 0 unspecified atom stereocenters. The zero-order chi connectivity index (χ0) is 15.2. The van der Waals surface area contributed by atoms with E-state index in [4.69, 9.17) is 0 Å². The number of anilines is 1. The fourth-order valence-corrected chi connectivity index (χ4v) is 1.78. The number of para-hydroxylation sites is 2. The SMILES string of the molecule is Cc1ccc(C(=O)C=CNc2ccccc2[N+](=O)[O-])cc1. The van der Waals surface area contributed by atoms with Crippen molar-refractivity contribution in [2.75, 3.05) is 5.32 Å². The number of carbonyl (C=O) groups is 1. The van der Waals surface area contributed by atoms with Gasteiger partial charge in [0.15, 0.2) is 5.78 Å². The molecule has 0 atom stereocenters. The lowest BCUT2D eigenvalue weighted by Crippen LogP contribution is -1.98. The van der Waals surface area contributed by atoms with Crippen LogP contribution in [-0.2, 0) is 0 Å². The van der Waals surface area contributed by atoms with Crippen LogP contribution in [0.2, 0.25) is 0 Å². The minimum Gasteiger partial charge on any atom is -0.356 e. The standard InChI is InChI=1S/C16H14N2O3/c1-12-6-8-13(9-7-12)16(19)10-11-17-14-4-2-3-5-15(14)18(20)21/h2-11,17H,1H3. The summed E-state index contributed by atoms with van der Waals surface area (Å²) in [5, 5.41) is 13.6. The Morgan fingerprint density at radius 3 is 2.48 bits per heavy atom. The molecule has 0 aliphatic heterocycles. The van der Waals surface area contributed by atoms with Crippen molar-refractivity contribution in [3.05, 3.63) is 82.0 Å². The molecule has 0 saturated carbocycles. The van der Waals surface area contributed by atoms with Gasteiger partial charge >= 0.3 is 0 Å². The van der Waals surface area contributed by atoms with E-state index in [1.54, 1.807) is 30.3 Å². The number of nitro groups is 1. The predicted molar refractivity (Wildman–Crippen MR) is 81.4 cm³/mol. The van der Waals surface area contributed by atoms with Crippen LogP contribution in [0.15, 0.2) is 60.8 Å². The Hall–Kier alpha value is -2.95.